The van der Waals surface area contributed by atoms with Crippen molar-refractivity contribution in [2.24, 2.45) is 5.11 Å². The molecule has 10 heteroatoms. The van der Waals surface area contributed by atoms with Gasteiger partial charge in [0.25, 0.3) is 0 Å². The summed E-state index contributed by atoms with van der Waals surface area (Å²) >= 11 is 0. The summed E-state index contributed by atoms with van der Waals surface area (Å²) in [4.78, 5) is 3.94. The maximum Gasteiger partial charge on any atom is 0.389 e. The predicted molar refractivity (Wildman–Crippen MR) is 62.7 cm³/mol. The number of piperidine rings is 1. The summed E-state index contributed by atoms with van der Waals surface area (Å²) in [6.45, 7) is -0.537. The van der Waals surface area contributed by atoms with Crippen LogP contribution in [-0.2, 0) is 0 Å². The van der Waals surface area contributed by atoms with Crippen molar-refractivity contribution in [3.63, 3.8) is 0 Å². The van der Waals surface area contributed by atoms with E-state index in [-0.39, 0.29) is 19.5 Å². The Bertz CT molecular complexity index is 362. The Labute approximate surface area is 113 Å². The molecule has 0 aromatic heterocycles. The van der Waals surface area contributed by atoms with Crippen LogP contribution >= 0.6 is 0 Å². The van der Waals surface area contributed by atoms with E-state index in [0.29, 0.717) is 0 Å². The van der Waals surface area contributed by atoms with E-state index < -0.39 is 43.5 Å². The summed E-state index contributed by atoms with van der Waals surface area (Å²) in [6, 6.07) is -1.83. The first-order valence-corrected chi connectivity index (χ1v) is 6.12. The predicted octanol–water partition coefficient (Wildman–Crippen LogP) is 0.406. The Hall–Kier alpha value is -1.06. The molecular formula is C10H17F3N4O3. The molecule has 1 aliphatic heterocycles. The first-order valence-electron chi connectivity index (χ1n) is 6.12. The zero-order valence-corrected chi connectivity index (χ0v) is 10.6. The van der Waals surface area contributed by atoms with E-state index in [2.05, 4.69) is 10.0 Å². The average molecular weight is 298 g/mol. The van der Waals surface area contributed by atoms with Crippen LogP contribution in [0, 0.1) is 0 Å². The number of alkyl halides is 3. The van der Waals surface area contributed by atoms with Crippen LogP contribution in [0.1, 0.15) is 12.8 Å². The minimum absolute atomic E-state index is 0.00856. The van der Waals surface area contributed by atoms with Gasteiger partial charge in [-0.2, -0.15) is 13.2 Å². The molecule has 4 atom stereocenters. The minimum atomic E-state index is -4.27. The number of likely N-dealkylation sites (tertiary alicyclic amines) is 1. The number of hydrogen-bond donors (Lipinski definition) is 3. The number of aliphatic hydroxyl groups excluding tert-OH is 3. The Morgan fingerprint density at radius 3 is 2.45 bits per heavy atom. The first kappa shape index (κ1) is 17.0. The quantitative estimate of drug-likeness (QED) is 0.387. The lowest BCUT2D eigenvalue weighted by Crippen LogP contribution is -2.62. The zero-order valence-electron chi connectivity index (χ0n) is 10.6. The van der Waals surface area contributed by atoms with Crippen LogP contribution in [-0.4, -0.2) is 70.4 Å². The summed E-state index contributed by atoms with van der Waals surface area (Å²) < 4.78 is 36.3. The molecule has 0 aliphatic carbocycles. The fourth-order valence-electron chi connectivity index (χ4n) is 2.29. The molecule has 0 radical (unpaired) electrons. The molecule has 0 spiro atoms. The van der Waals surface area contributed by atoms with Crippen LogP contribution in [0.3, 0.4) is 0 Å². The van der Waals surface area contributed by atoms with Crippen LogP contribution in [0.25, 0.3) is 10.4 Å². The molecule has 0 aromatic carbocycles. The van der Waals surface area contributed by atoms with E-state index in [0.717, 1.165) is 0 Å². The van der Waals surface area contributed by atoms with Gasteiger partial charge in [-0.3, -0.25) is 4.90 Å². The summed E-state index contributed by atoms with van der Waals surface area (Å²) in [7, 11) is 0. The van der Waals surface area contributed by atoms with Crippen molar-refractivity contribution >= 4 is 0 Å². The highest BCUT2D eigenvalue weighted by Gasteiger charge is 2.41. The Morgan fingerprint density at radius 1 is 1.30 bits per heavy atom. The molecule has 0 saturated carbocycles. The Balaban J connectivity index is 2.68. The number of azide groups is 1. The van der Waals surface area contributed by atoms with Crippen molar-refractivity contribution in [3.05, 3.63) is 10.4 Å². The van der Waals surface area contributed by atoms with Gasteiger partial charge in [0.15, 0.2) is 0 Å². The lowest BCUT2D eigenvalue weighted by Gasteiger charge is -2.43. The SMILES string of the molecule is [N-]=[N+]=N[C@H]1CN(CCCC(F)(F)F)[C@H](CO)[C@@H](O)[C@@H]1O. The van der Waals surface area contributed by atoms with Crippen LogP contribution in [0.2, 0.25) is 0 Å². The van der Waals surface area contributed by atoms with Crippen molar-refractivity contribution in [1.29, 1.82) is 0 Å². The lowest BCUT2D eigenvalue weighted by molar-refractivity contribution is -0.139. The van der Waals surface area contributed by atoms with Gasteiger partial charge in [-0.1, -0.05) is 5.11 Å². The maximum atomic E-state index is 12.1. The Morgan fingerprint density at radius 2 is 1.95 bits per heavy atom. The summed E-state index contributed by atoms with van der Waals surface area (Å²) in [6.07, 6.45) is -8.18. The van der Waals surface area contributed by atoms with Gasteiger partial charge in [0.05, 0.1) is 30.9 Å². The number of halogens is 3. The third-order valence-corrected chi connectivity index (χ3v) is 3.32. The normalized spacial score (nSPS) is 31.9. The smallest absolute Gasteiger partial charge is 0.389 e. The topological polar surface area (TPSA) is 113 Å². The van der Waals surface area contributed by atoms with Crippen molar-refractivity contribution in [2.45, 2.75) is 43.3 Å². The fourth-order valence-corrected chi connectivity index (χ4v) is 2.29. The van der Waals surface area contributed by atoms with Crippen molar-refractivity contribution in [2.75, 3.05) is 19.7 Å². The molecule has 20 heavy (non-hydrogen) atoms. The monoisotopic (exact) mass is 298 g/mol. The highest BCUT2D eigenvalue weighted by atomic mass is 19.4. The van der Waals surface area contributed by atoms with Gasteiger partial charge >= 0.3 is 6.18 Å². The second-order valence-electron chi connectivity index (χ2n) is 4.72. The largest absolute Gasteiger partial charge is 0.395 e. The first-order chi connectivity index (χ1) is 9.30. The fraction of sp³-hybridized carbons (Fsp3) is 1.00. The summed E-state index contributed by atoms with van der Waals surface area (Å²) in [5.41, 5.74) is 8.36. The van der Waals surface area contributed by atoms with E-state index in [9.17, 15) is 28.5 Å². The summed E-state index contributed by atoms with van der Waals surface area (Å²) in [5, 5.41) is 32.0. The molecule has 7 nitrogen and oxygen atoms in total. The molecule has 0 aromatic rings. The number of hydrogen-bond acceptors (Lipinski definition) is 5. The second-order valence-corrected chi connectivity index (χ2v) is 4.72. The van der Waals surface area contributed by atoms with Crippen molar-refractivity contribution in [3.8, 4) is 0 Å². The summed E-state index contributed by atoms with van der Waals surface area (Å²) in [5.74, 6) is 0. The van der Waals surface area contributed by atoms with Gasteiger partial charge in [0.1, 0.15) is 0 Å². The molecule has 1 fully saturated rings. The van der Waals surface area contributed by atoms with Crippen LogP contribution in [0.4, 0.5) is 13.2 Å². The van der Waals surface area contributed by atoms with Gasteiger partial charge in [0.2, 0.25) is 0 Å². The molecular weight excluding hydrogens is 281 g/mol. The van der Waals surface area contributed by atoms with E-state index in [1.807, 2.05) is 0 Å². The van der Waals surface area contributed by atoms with Gasteiger partial charge in [-0.25, -0.2) is 0 Å². The highest BCUT2D eigenvalue weighted by Crippen LogP contribution is 2.25. The van der Waals surface area contributed by atoms with E-state index >= 15 is 0 Å². The van der Waals surface area contributed by atoms with Crippen LogP contribution in [0.15, 0.2) is 5.11 Å². The van der Waals surface area contributed by atoms with E-state index in [1.54, 1.807) is 0 Å². The molecule has 1 heterocycles. The molecule has 1 rings (SSSR count). The minimum Gasteiger partial charge on any atom is -0.395 e. The second kappa shape index (κ2) is 7.09. The third kappa shape index (κ3) is 4.50. The molecule has 1 saturated heterocycles. The van der Waals surface area contributed by atoms with E-state index in [4.69, 9.17) is 5.53 Å². The van der Waals surface area contributed by atoms with Gasteiger partial charge in [0, 0.05) is 17.9 Å². The lowest BCUT2D eigenvalue weighted by atomic mass is 9.92. The molecule has 0 unspecified atom stereocenters. The molecule has 3 N–H and O–H groups in total. The van der Waals surface area contributed by atoms with Crippen LogP contribution < -0.4 is 0 Å². The van der Waals surface area contributed by atoms with Crippen LogP contribution in [0.5, 0.6) is 0 Å². The molecule has 1 aliphatic rings. The van der Waals surface area contributed by atoms with Gasteiger partial charge in [-0.05, 0) is 18.5 Å². The van der Waals surface area contributed by atoms with Gasteiger partial charge < -0.3 is 15.3 Å². The Kier molecular flexibility index (Phi) is 6.03. The van der Waals surface area contributed by atoms with Crippen molar-refractivity contribution in [1.82, 2.24) is 4.90 Å². The number of nitrogens with zero attached hydrogens (tertiary/aromatic N) is 4. The zero-order chi connectivity index (χ0) is 15.3. The van der Waals surface area contributed by atoms with Gasteiger partial charge in [-0.15, -0.1) is 0 Å². The molecule has 116 valence electrons. The third-order valence-electron chi connectivity index (χ3n) is 3.32. The molecule has 0 bridgehead atoms. The standard InChI is InChI=1S/C10H17F3N4O3/c11-10(12,13)2-1-3-17-4-6(15-16-14)8(19)9(20)7(17)5-18/h6-9,18-20H,1-5H2/t6-,7+,8+,9+/m0/s1. The van der Waals surface area contributed by atoms with E-state index in [1.165, 1.54) is 4.90 Å². The number of rotatable bonds is 5. The average Bonchev–Trinajstić information content (AvgIpc) is 2.34. The number of aliphatic hydroxyl groups is 3. The van der Waals surface area contributed by atoms with Crippen molar-refractivity contribution < 1.29 is 28.5 Å². The highest BCUT2D eigenvalue weighted by molar-refractivity contribution is 4.97. The maximum absolute atomic E-state index is 12.1. The molecule has 0 amide bonds.